The minimum atomic E-state index is -3.27. The first-order chi connectivity index (χ1) is 13.0. The molecular weight excluding hydrogens is 396 g/mol. The maximum Gasteiger partial charge on any atom is 0.198 e. The van der Waals surface area contributed by atoms with Gasteiger partial charge in [-0.05, 0) is 5.56 Å². The summed E-state index contributed by atoms with van der Waals surface area (Å²) in [6.07, 6.45) is -3.21. The zero-order chi connectivity index (χ0) is 21.0. The van der Waals surface area contributed by atoms with Crippen LogP contribution in [-0.2, 0) is 0 Å². The van der Waals surface area contributed by atoms with Gasteiger partial charge >= 0.3 is 0 Å². The summed E-state index contributed by atoms with van der Waals surface area (Å²) < 4.78 is 114. The molecule has 4 N–H and O–H groups in total. The van der Waals surface area contributed by atoms with E-state index >= 15 is 0 Å². The summed E-state index contributed by atoms with van der Waals surface area (Å²) in [5.41, 5.74) is 1.94. The molecule has 1 aliphatic carbocycles. The molecule has 1 aliphatic rings. The lowest BCUT2D eigenvalue weighted by Gasteiger charge is -2.31. The molecule has 0 fully saturated rings. The van der Waals surface area contributed by atoms with Crippen molar-refractivity contribution in [2.24, 2.45) is 11.5 Å². The van der Waals surface area contributed by atoms with Crippen LogP contribution in [0.5, 0.6) is 0 Å². The van der Waals surface area contributed by atoms with Crippen LogP contribution >= 0.6 is 0 Å². The normalized spacial score (nSPS) is 19.4. The van der Waals surface area contributed by atoms with E-state index in [2.05, 4.69) is 0 Å². The summed E-state index contributed by atoms with van der Waals surface area (Å²) in [6, 6.07) is 6.15. The van der Waals surface area contributed by atoms with E-state index in [0.29, 0.717) is 0 Å². The smallest absolute Gasteiger partial charge is 0.198 e. The first-order valence-electron chi connectivity index (χ1n) is 7.61. The Hall–Kier alpha value is -2.72. The molecule has 0 radical (unpaired) electrons. The van der Waals surface area contributed by atoms with Crippen molar-refractivity contribution in [1.29, 1.82) is 0 Å². The molecule has 10 heteroatoms. The molecule has 28 heavy (non-hydrogen) atoms. The van der Waals surface area contributed by atoms with Crippen LogP contribution in [0.2, 0.25) is 0 Å². The van der Waals surface area contributed by atoms with E-state index < -0.39 is 69.3 Å². The second kappa shape index (κ2) is 6.71. The molecule has 0 amide bonds. The summed E-state index contributed by atoms with van der Waals surface area (Å²) in [4.78, 5) is 0. The molecule has 2 nitrogen and oxygen atoms in total. The van der Waals surface area contributed by atoms with Gasteiger partial charge < -0.3 is 11.5 Å². The summed E-state index contributed by atoms with van der Waals surface area (Å²) in [7, 11) is 0. The largest absolute Gasteiger partial charge is 0.305 e. The van der Waals surface area contributed by atoms with Crippen molar-refractivity contribution in [2.75, 3.05) is 0 Å². The lowest BCUT2D eigenvalue weighted by atomic mass is 9.85. The average molecular weight is 406 g/mol. The number of allylic oxidation sites excluding steroid dienone is 2. The van der Waals surface area contributed by atoms with Crippen LogP contribution in [0.1, 0.15) is 5.56 Å². The quantitative estimate of drug-likeness (QED) is 0.329. The number of hydrogen-bond acceptors (Lipinski definition) is 2. The number of rotatable bonds is 2. The molecule has 2 aromatic carbocycles. The third-order valence-corrected chi connectivity index (χ3v) is 4.25. The summed E-state index contributed by atoms with van der Waals surface area (Å²) >= 11 is 0. The zero-order valence-electron chi connectivity index (χ0n) is 13.6. The minimum Gasteiger partial charge on any atom is -0.305 e. The van der Waals surface area contributed by atoms with Crippen molar-refractivity contribution in [1.82, 2.24) is 0 Å². The third-order valence-electron chi connectivity index (χ3n) is 4.25. The number of hydrogen-bond donors (Lipinski definition) is 2. The van der Waals surface area contributed by atoms with Crippen LogP contribution in [-0.4, -0.2) is 11.8 Å². The maximum atomic E-state index is 14.5. The van der Waals surface area contributed by atoms with E-state index in [0.717, 1.165) is 12.1 Å². The first kappa shape index (κ1) is 20.0. The van der Waals surface area contributed by atoms with E-state index in [1.807, 2.05) is 0 Å². The van der Waals surface area contributed by atoms with E-state index in [-0.39, 0.29) is 5.56 Å². The van der Waals surface area contributed by atoms with E-state index in [1.54, 1.807) is 0 Å². The fourth-order valence-corrected chi connectivity index (χ4v) is 2.82. The van der Waals surface area contributed by atoms with Gasteiger partial charge in [-0.2, -0.15) is 0 Å². The van der Waals surface area contributed by atoms with Crippen LogP contribution in [0.4, 0.5) is 35.1 Å². The lowest BCUT2D eigenvalue weighted by Crippen LogP contribution is -2.59. The van der Waals surface area contributed by atoms with Gasteiger partial charge in [0.25, 0.3) is 0 Å². The van der Waals surface area contributed by atoms with Crippen LogP contribution in [0, 0.1) is 23.3 Å². The fraction of sp³-hybridized carbons (Fsp3) is 0.111. The highest BCUT2D eigenvalue weighted by molar-refractivity contribution is 5.90. The molecule has 0 aliphatic heterocycles. The predicted octanol–water partition coefficient (Wildman–Crippen LogP) is 4.71. The van der Waals surface area contributed by atoms with Gasteiger partial charge in [0.2, 0.25) is 0 Å². The van der Waals surface area contributed by atoms with Gasteiger partial charge in [0.15, 0.2) is 46.8 Å². The first-order valence-corrected chi connectivity index (χ1v) is 7.61. The van der Waals surface area contributed by atoms with Gasteiger partial charge in [0.05, 0.1) is 5.57 Å². The van der Waals surface area contributed by atoms with Crippen LogP contribution in [0.15, 0.2) is 47.8 Å². The van der Waals surface area contributed by atoms with Gasteiger partial charge in [-0.15, -0.1) is 0 Å². The van der Waals surface area contributed by atoms with Crippen molar-refractivity contribution < 1.29 is 35.1 Å². The number of benzene rings is 2. The monoisotopic (exact) mass is 406 g/mol. The molecule has 148 valence electrons. The maximum absolute atomic E-state index is 14.5. The molecule has 1 atom stereocenters. The molecule has 2 aromatic rings. The Morgan fingerprint density at radius 1 is 0.714 bits per heavy atom. The Labute approximate surface area is 152 Å². The van der Waals surface area contributed by atoms with Gasteiger partial charge in [-0.1, -0.05) is 30.3 Å². The second-order valence-corrected chi connectivity index (χ2v) is 6.02. The Balaban J connectivity index is 2.48. The Kier molecular flexibility index (Phi) is 4.80. The average Bonchev–Trinajstić information content (AvgIpc) is 2.68. The van der Waals surface area contributed by atoms with Crippen LogP contribution in [0.3, 0.4) is 0 Å². The van der Waals surface area contributed by atoms with Gasteiger partial charge in [0, 0.05) is 11.1 Å². The standard InChI is InChI=1S/C18H10F8N2/c19-10-7(6-4-2-1-3-5-6)8(11(20)15(24)14(10)23)9-12(21)16(25)18(27,28)17(26)13(9)22/h1-5,16H,27-28H2. The van der Waals surface area contributed by atoms with E-state index in [1.165, 1.54) is 18.2 Å². The number of halogens is 8. The molecule has 3 rings (SSSR count). The van der Waals surface area contributed by atoms with Crippen LogP contribution in [0.25, 0.3) is 16.7 Å². The Morgan fingerprint density at radius 3 is 1.75 bits per heavy atom. The highest BCUT2D eigenvalue weighted by Gasteiger charge is 2.49. The van der Waals surface area contributed by atoms with Crippen molar-refractivity contribution in [3.05, 3.63) is 76.6 Å². The number of alkyl halides is 1. The van der Waals surface area contributed by atoms with Gasteiger partial charge in [-0.25, -0.2) is 35.1 Å². The summed E-state index contributed by atoms with van der Waals surface area (Å²) in [6.45, 7) is 0. The molecular formula is C18H10F8N2. The highest BCUT2D eigenvalue weighted by atomic mass is 19.2. The molecule has 0 saturated heterocycles. The minimum absolute atomic E-state index is 0.339. The van der Waals surface area contributed by atoms with Crippen molar-refractivity contribution in [3.63, 3.8) is 0 Å². The van der Waals surface area contributed by atoms with Crippen molar-refractivity contribution in [3.8, 4) is 11.1 Å². The second-order valence-electron chi connectivity index (χ2n) is 6.02. The number of nitrogens with two attached hydrogens (primary N) is 2. The van der Waals surface area contributed by atoms with Gasteiger partial charge in [0.1, 0.15) is 5.83 Å². The van der Waals surface area contributed by atoms with E-state index in [9.17, 15) is 35.1 Å². The molecule has 0 aromatic heterocycles. The lowest BCUT2D eigenvalue weighted by molar-refractivity contribution is 0.192. The molecule has 0 heterocycles. The Morgan fingerprint density at radius 2 is 1.21 bits per heavy atom. The zero-order valence-corrected chi connectivity index (χ0v) is 13.6. The van der Waals surface area contributed by atoms with Gasteiger partial charge in [-0.3, -0.25) is 0 Å². The van der Waals surface area contributed by atoms with Crippen molar-refractivity contribution in [2.45, 2.75) is 11.8 Å². The summed E-state index contributed by atoms with van der Waals surface area (Å²) in [5, 5.41) is 0. The predicted molar refractivity (Wildman–Crippen MR) is 85.0 cm³/mol. The summed E-state index contributed by atoms with van der Waals surface area (Å²) in [5.74, 6) is -15.6. The fourth-order valence-electron chi connectivity index (χ4n) is 2.82. The van der Waals surface area contributed by atoms with E-state index in [4.69, 9.17) is 11.5 Å². The van der Waals surface area contributed by atoms with Crippen LogP contribution < -0.4 is 11.5 Å². The third kappa shape index (κ3) is 2.71. The SMILES string of the molecule is NC1(N)C(F)=C(F)C(c2c(F)c(F)c(F)c(F)c2-c2ccccc2)=C(F)C1F. The highest BCUT2D eigenvalue weighted by Crippen LogP contribution is 2.47. The van der Waals surface area contributed by atoms with Crippen molar-refractivity contribution >= 4 is 5.57 Å². The topological polar surface area (TPSA) is 52.0 Å². The Bertz CT molecular complexity index is 1030. The molecule has 0 saturated carbocycles. The molecule has 1 unspecified atom stereocenters. The molecule has 0 spiro atoms. The molecule has 0 bridgehead atoms.